The van der Waals surface area contributed by atoms with Crippen molar-refractivity contribution in [3.05, 3.63) is 29.8 Å². The zero-order valence-corrected chi connectivity index (χ0v) is 12.4. The van der Waals surface area contributed by atoms with Gasteiger partial charge < -0.3 is 13.3 Å². The molecule has 0 spiro atoms. The SMILES string of the molecule is CC(=O)O[Si](OC(C)=O)(OC(C)=O)c1ccc(F)cc1F. The van der Waals surface area contributed by atoms with Gasteiger partial charge in [0.2, 0.25) is 0 Å². The Labute approximate surface area is 120 Å². The largest absolute Gasteiger partial charge is 0.745 e. The molecular weight excluding hydrogens is 306 g/mol. The van der Waals surface area contributed by atoms with Crippen LogP contribution < -0.4 is 5.19 Å². The number of carbonyl (C=O) groups excluding carboxylic acids is 3. The number of hydrogen-bond acceptors (Lipinski definition) is 6. The van der Waals surface area contributed by atoms with E-state index in [1.54, 1.807) is 0 Å². The van der Waals surface area contributed by atoms with Crippen molar-refractivity contribution in [3.8, 4) is 0 Å². The Morgan fingerprint density at radius 3 is 1.67 bits per heavy atom. The van der Waals surface area contributed by atoms with Crippen LogP contribution in [0.2, 0.25) is 0 Å². The number of halogens is 2. The highest BCUT2D eigenvalue weighted by atomic mass is 28.4. The number of benzene rings is 1. The molecule has 1 rings (SSSR count). The molecule has 0 amide bonds. The Morgan fingerprint density at radius 1 is 0.905 bits per heavy atom. The average molecular weight is 318 g/mol. The maximum atomic E-state index is 13.9. The van der Waals surface area contributed by atoms with E-state index in [-0.39, 0.29) is 0 Å². The fraction of sp³-hybridized carbons (Fsp3) is 0.250. The van der Waals surface area contributed by atoms with Crippen LogP contribution in [-0.2, 0) is 27.7 Å². The minimum Gasteiger partial charge on any atom is -0.452 e. The molecule has 0 aliphatic heterocycles. The van der Waals surface area contributed by atoms with Crippen molar-refractivity contribution < 1.29 is 36.4 Å². The van der Waals surface area contributed by atoms with Crippen molar-refractivity contribution >= 4 is 31.9 Å². The Hall–Kier alpha value is -2.29. The molecule has 1 aromatic rings. The quantitative estimate of drug-likeness (QED) is 0.764. The van der Waals surface area contributed by atoms with Gasteiger partial charge in [0, 0.05) is 26.8 Å². The van der Waals surface area contributed by atoms with E-state index in [1.165, 1.54) is 0 Å². The molecule has 0 N–H and O–H groups in total. The molecule has 0 saturated carbocycles. The molecule has 21 heavy (non-hydrogen) atoms. The van der Waals surface area contributed by atoms with Crippen molar-refractivity contribution in [1.29, 1.82) is 0 Å². The summed E-state index contributed by atoms with van der Waals surface area (Å²) in [5.74, 6) is -4.91. The van der Waals surface area contributed by atoms with Crippen LogP contribution in [0.5, 0.6) is 0 Å². The molecule has 0 saturated heterocycles. The number of rotatable bonds is 4. The lowest BCUT2D eigenvalue weighted by atomic mass is 10.3. The Balaban J connectivity index is 3.47. The third-order valence-electron chi connectivity index (χ3n) is 2.10. The van der Waals surface area contributed by atoms with Crippen molar-refractivity contribution in [3.63, 3.8) is 0 Å². The highest BCUT2D eigenvalue weighted by Gasteiger charge is 2.56. The Bertz CT molecular complexity index is 548. The van der Waals surface area contributed by atoms with E-state index in [9.17, 15) is 23.2 Å². The van der Waals surface area contributed by atoms with Crippen LogP contribution in [0.4, 0.5) is 8.78 Å². The molecular formula is C12H12F2O6Si. The average Bonchev–Trinajstić information content (AvgIpc) is 2.24. The van der Waals surface area contributed by atoms with Crippen LogP contribution in [-0.4, -0.2) is 26.7 Å². The molecule has 9 heteroatoms. The van der Waals surface area contributed by atoms with Gasteiger partial charge >= 0.3 is 8.80 Å². The molecule has 0 atom stereocenters. The maximum Gasteiger partial charge on any atom is 0.745 e. The third-order valence-corrected chi connectivity index (χ3v) is 4.83. The van der Waals surface area contributed by atoms with Gasteiger partial charge in [-0.05, 0) is 12.1 Å². The summed E-state index contributed by atoms with van der Waals surface area (Å²) in [6, 6.07) is 2.25. The molecule has 0 heterocycles. The minimum absolute atomic E-state index is 0.494. The third kappa shape index (κ3) is 4.35. The second kappa shape index (κ2) is 6.44. The smallest absolute Gasteiger partial charge is 0.452 e. The zero-order valence-electron chi connectivity index (χ0n) is 11.4. The normalized spacial score (nSPS) is 10.7. The van der Waals surface area contributed by atoms with Gasteiger partial charge in [-0.3, -0.25) is 14.4 Å². The Kier molecular flexibility index (Phi) is 5.14. The first-order valence-corrected chi connectivity index (χ1v) is 7.43. The predicted octanol–water partition coefficient (Wildman–Crippen LogP) is 0.800. The standard InChI is InChI=1S/C12H12F2O6Si/c1-7(15)18-21(19-8(2)16,20-9(3)17)12-5-4-10(13)6-11(12)14/h4-6H,1-3H3. The predicted molar refractivity (Wildman–Crippen MR) is 67.0 cm³/mol. The van der Waals surface area contributed by atoms with Crippen molar-refractivity contribution in [1.82, 2.24) is 0 Å². The van der Waals surface area contributed by atoms with E-state index < -0.39 is 43.5 Å². The van der Waals surface area contributed by atoms with Gasteiger partial charge in [-0.15, -0.1) is 0 Å². The first kappa shape index (κ1) is 16.8. The van der Waals surface area contributed by atoms with E-state index in [0.717, 1.165) is 32.9 Å². The van der Waals surface area contributed by atoms with Crippen molar-refractivity contribution in [2.45, 2.75) is 20.8 Å². The van der Waals surface area contributed by atoms with Crippen LogP contribution in [0.3, 0.4) is 0 Å². The fourth-order valence-corrected chi connectivity index (χ4v) is 3.78. The summed E-state index contributed by atoms with van der Waals surface area (Å²) >= 11 is 0. The van der Waals surface area contributed by atoms with Crippen LogP contribution in [0.1, 0.15) is 20.8 Å². The molecule has 114 valence electrons. The van der Waals surface area contributed by atoms with Crippen LogP contribution >= 0.6 is 0 Å². The Morgan fingerprint density at radius 2 is 1.33 bits per heavy atom. The van der Waals surface area contributed by atoms with Gasteiger partial charge in [0.15, 0.2) is 0 Å². The lowest BCUT2D eigenvalue weighted by Gasteiger charge is -2.26. The highest BCUT2D eigenvalue weighted by molar-refractivity contribution is 6.79. The summed E-state index contributed by atoms with van der Waals surface area (Å²) in [6.07, 6.45) is 0. The monoisotopic (exact) mass is 318 g/mol. The first-order valence-electron chi connectivity index (χ1n) is 5.70. The maximum absolute atomic E-state index is 13.9. The minimum atomic E-state index is -4.52. The lowest BCUT2D eigenvalue weighted by molar-refractivity contribution is -0.146. The van der Waals surface area contributed by atoms with Crippen molar-refractivity contribution in [2.24, 2.45) is 0 Å². The van der Waals surface area contributed by atoms with Gasteiger partial charge in [0.05, 0.1) is 5.19 Å². The molecule has 0 radical (unpaired) electrons. The van der Waals surface area contributed by atoms with Gasteiger partial charge in [-0.1, -0.05) is 0 Å². The topological polar surface area (TPSA) is 78.9 Å². The molecule has 6 nitrogen and oxygen atoms in total. The fourth-order valence-electron chi connectivity index (χ4n) is 1.53. The van der Waals surface area contributed by atoms with Gasteiger partial charge in [-0.2, -0.15) is 0 Å². The molecule has 0 bridgehead atoms. The van der Waals surface area contributed by atoms with Crippen LogP contribution in [0.25, 0.3) is 0 Å². The van der Waals surface area contributed by atoms with E-state index in [1.807, 2.05) is 0 Å². The van der Waals surface area contributed by atoms with Gasteiger partial charge in [-0.25, -0.2) is 8.78 Å². The number of carbonyl (C=O) groups is 3. The molecule has 1 aromatic carbocycles. The molecule has 0 aromatic heterocycles. The van der Waals surface area contributed by atoms with E-state index >= 15 is 0 Å². The van der Waals surface area contributed by atoms with Gasteiger partial charge in [0.1, 0.15) is 11.6 Å². The summed E-state index contributed by atoms with van der Waals surface area (Å²) in [6.45, 7) is 2.91. The van der Waals surface area contributed by atoms with Gasteiger partial charge in [0.25, 0.3) is 17.9 Å². The summed E-state index contributed by atoms with van der Waals surface area (Å²) in [5, 5.41) is -0.496. The lowest BCUT2D eigenvalue weighted by Crippen LogP contribution is -2.60. The molecule has 0 aliphatic rings. The molecule has 0 unspecified atom stereocenters. The zero-order chi connectivity index (χ0) is 16.2. The highest BCUT2D eigenvalue weighted by Crippen LogP contribution is 2.15. The number of hydrogen-bond donors (Lipinski definition) is 0. The summed E-state index contributed by atoms with van der Waals surface area (Å²) in [4.78, 5) is 33.6. The van der Waals surface area contributed by atoms with Crippen molar-refractivity contribution in [2.75, 3.05) is 0 Å². The molecule has 0 fully saturated rings. The van der Waals surface area contributed by atoms with E-state index in [0.29, 0.717) is 6.07 Å². The van der Waals surface area contributed by atoms with Crippen LogP contribution in [0, 0.1) is 11.6 Å². The second-order valence-electron chi connectivity index (χ2n) is 3.96. The van der Waals surface area contributed by atoms with E-state index in [2.05, 4.69) is 0 Å². The summed E-state index contributed by atoms with van der Waals surface area (Å²) < 4.78 is 41.3. The molecule has 0 aliphatic carbocycles. The summed E-state index contributed by atoms with van der Waals surface area (Å²) in [5.41, 5.74) is 0. The van der Waals surface area contributed by atoms with E-state index in [4.69, 9.17) is 13.3 Å². The summed E-state index contributed by atoms with van der Waals surface area (Å²) in [7, 11) is -4.52. The van der Waals surface area contributed by atoms with Crippen LogP contribution in [0.15, 0.2) is 18.2 Å². The first-order chi connectivity index (χ1) is 9.66. The second-order valence-corrected chi connectivity index (χ2v) is 6.22.